The Hall–Kier alpha value is 1.01. The Balaban J connectivity index is 1.97. The van der Waals surface area contributed by atoms with Crippen LogP contribution in [0.5, 0.6) is 0 Å². The molecule has 4 heteroatoms. The van der Waals surface area contributed by atoms with Crippen molar-refractivity contribution in [3.05, 3.63) is 0 Å². The molecule has 0 radical (unpaired) electrons. The van der Waals surface area contributed by atoms with Crippen LogP contribution in [0, 0.1) is 0 Å². The van der Waals surface area contributed by atoms with Crippen molar-refractivity contribution in [3.8, 4) is 0 Å². The number of thiol groups is 1. The van der Waals surface area contributed by atoms with Gasteiger partial charge in [-0.05, 0) is 0 Å². The van der Waals surface area contributed by atoms with E-state index in [1.165, 1.54) is 0 Å². The second-order valence-corrected chi connectivity index (χ2v) is 2.68. The van der Waals surface area contributed by atoms with Gasteiger partial charge in [0.2, 0.25) is 0 Å². The summed E-state index contributed by atoms with van der Waals surface area (Å²) in [6.45, 7) is 0. The lowest BCUT2D eigenvalue weighted by atomic mass is 15.9. The molecule has 26 valence electrons. The molecule has 0 aliphatic rings. The maximum atomic E-state index is 7.68. The van der Waals surface area contributed by atoms with Gasteiger partial charge in [0.15, 0.2) is 0 Å². The summed E-state index contributed by atoms with van der Waals surface area (Å²) in [5.74, 6) is 0. The minimum absolute atomic E-state index is 0.637. The first kappa shape index (κ1) is 5.01. The third kappa shape index (κ3) is 3.01. The van der Waals surface area contributed by atoms with Crippen molar-refractivity contribution in [2.75, 3.05) is 0 Å². The third-order valence-corrected chi connectivity index (χ3v) is 0.900. The molecule has 0 bridgehead atoms. The molecule has 0 heterocycles. The Morgan fingerprint density at radius 2 is 2.00 bits per heavy atom. The molecule has 1 N–H and O–H groups in total. The van der Waals surface area contributed by atoms with Crippen LogP contribution in [-0.4, -0.2) is 4.55 Å². The maximum Gasteiger partial charge on any atom is 0.0709 e. The molecular weight excluding hydrogens is 112 g/mol. The van der Waals surface area contributed by atoms with Crippen LogP contribution >= 0.6 is 32.6 Å². The summed E-state index contributed by atoms with van der Waals surface area (Å²) in [6, 6.07) is 0. The SMILES string of the molecule is OSSS. The quantitative estimate of drug-likeness (QED) is 0.307. The minimum atomic E-state index is 0.637. The predicted octanol–water partition coefficient (Wildman–Crippen LogP) is 1.69. The minimum Gasteiger partial charge on any atom is -0.320 e. The van der Waals surface area contributed by atoms with Crippen LogP contribution in [-0.2, 0) is 0 Å². The number of rotatable bonds is 1. The zero-order valence-electron chi connectivity index (χ0n) is 1.71. The van der Waals surface area contributed by atoms with E-state index in [2.05, 4.69) is 11.7 Å². The summed E-state index contributed by atoms with van der Waals surface area (Å²) in [7, 11) is 1.02. The first-order valence-corrected chi connectivity index (χ1v) is 3.69. The number of hydrogen-bond acceptors (Lipinski definition) is 4. The molecule has 0 aromatic carbocycles. The Morgan fingerprint density at radius 3 is 2.00 bits per heavy atom. The fourth-order valence-electron chi connectivity index (χ4n) is 0. The molecule has 0 unspecified atom stereocenters. The molecule has 0 saturated carbocycles. The van der Waals surface area contributed by atoms with Crippen LogP contribution in [0.4, 0.5) is 0 Å². The van der Waals surface area contributed by atoms with Gasteiger partial charge in [-0.1, -0.05) is 11.7 Å². The molecular formula is H2OS3. The van der Waals surface area contributed by atoms with Crippen molar-refractivity contribution in [1.82, 2.24) is 0 Å². The van der Waals surface area contributed by atoms with Crippen LogP contribution in [0.3, 0.4) is 0 Å². The van der Waals surface area contributed by atoms with E-state index in [0.29, 0.717) is 11.1 Å². The van der Waals surface area contributed by atoms with E-state index in [0.717, 1.165) is 9.83 Å². The van der Waals surface area contributed by atoms with Gasteiger partial charge < -0.3 is 4.55 Å². The van der Waals surface area contributed by atoms with E-state index in [-0.39, 0.29) is 0 Å². The third-order valence-electron chi connectivity index (χ3n) is 0.0333. The van der Waals surface area contributed by atoms with Gasteiger partial charge >= 0.3 is 0 Å². The highest BCUT2D eigenvalue weighted by Gasteiger charge is 1.59. The summed E-state index contributed by atoms with van der Waals surface area (Å²) in [6.07, 6.45) is 0. The lowest BCUT2D eigenvalue weighted by molar-refractivity contribution is 0.676. The molecule has 0 aliphatic carbocycles. The molecule has 1 nitrogen and oxygen atoms in total. The topological polar surface area (TPSA) is 20.2 Å². The average molecular weight is 114 g/mol. The molecule has 0 aromatic heterocycles. The lowest BCUT2D eigenvalue weighted by Crippen LogP contribution is -1.20. The van der Waals surface area contributed by atoms with Gasteiger partial charge in [0, 0.05) is 9.83 Å². The van der Waals surface area contributed by atoms with Crippen LogP contribution < -0.4 is 0 Å². The van der Waals surface area contributed by atoms with Crippen molar-refractivity contribution in [2.45, 2.75) is 0 Å². The summed E-state index contributed by atoms with van der Waals surface area (Å²) < 4.78 is 7.68. The fraction of sp³-hybridized carbons (Fsp3) is 0. The van der Waals surface area contributed by atoms with Crippen molar-refractivity contribution >= 4 is 32.6 Å². The molecule has 0 fully saturated rings. The highest BCUT2D eigenvalue weighted by Crippen LogP contribution is 2.18. The zero-order valence-corrected chi connectivity index (χ0v) is 4.24. The molecule has 0 aliphatic heterocycles. The van der Waals surface area contributed by atoms with Crippen LogP contribution in [0.15, 0.2) is 0 Å². The normalized spacial score (nSPS) is 7.50. The Labute approximate surface area is 37.6 Å². The molecule has 4 heavy (non-hydrogen) atoms. The Kier molecular flexibility index (Phi) is 5.02. The summed E-state index contributed by atoms with van der Waals surface area (Å²) in [5.41, 5.74) is 0. The highest BCUT2D eigenvalue weighted by atomic mass is 33.5. The van der Waals surface area contributed by atoms with E-state index in [1.807, 2.05) is 0 Å². The van der Waals surface area contributed by atoms with Gasteiger partial charge in [-0.2, -0.15) is 0 Å². The van der Waals surface area contributed by atoms with E-state index in [1.54, 1.807) is 0 Å². The summed E-state index contributed by atoms with van der Waals surface area (Å²) in [4.78, 5) is 0. The highest BCUT2D eigenvalue weighted by molar-refractivity contribution is 9.04. The van der Waals surface area contributed by atoms with Crippen molar-refractivity contribution in [3.63, 3.8) is 0 Å². The predicted molar refractivity (Wildman–Crippen MR) is 26.8 cm³/mol. The molecule has 0 rings (SSSR count). The molecule has 0 amide bonds. The average Bonchev–Trinajstić information content (AvgIpc) is 1.37. The molecule has 0 atom stereocenters. The Bertz CT molecular complexity index is 5.25. The van der Waals surface area contributed by atoms with Gasteiger partial charge in [0.1, 0.15) is 0 Å². The van der Waals surface area contributed by atoms with E-state index < -0.39 is 0 Å². The number of hydrogen-bond donors (Lipinski definition) is 2. The van der Waals surface area contributed by atoms with Crippen LogP contribution in [0.1, 0.15) is 0 Å². The molecule has 0 spiro atoms. The van der Waals surface area contributed by atoms with E-state index in [9.17, 15) is 0 Å². The second kappa shape index (κ2) is 4.01. The summed E-state index contributed by atoms with van der Waals surface area (Å²) >= 11 is 4.19. The first-order chi connectivity index (χ1) is 1.91. The molecule has 0 saturated heterocycles. The van der Waals surface area contributed by atoms with Gasteiger partial charge in [-0.3, -0.25) is 0 Å². The first-order valence-electron chi connectivity index (χ1n) is 0.532. The standard InChI is InChI=1S/H2OS3/c1-3-4-2/h1-2H. The maximum absolute atomic E-state index is 7.68. The van der Waals surface area contributed by atoms with E-state index in [4.69, 9.17) is 4.55 Å². The Morgan fingerprint density at radius 1 is 1.75 bits per heavy atom. The second-order valence-electron chi connectivity index (χ2n) is 0.149. The zero-order chi connectivity index (χ0) is 3.41. The largest absolute Gasteiger partial charge is 0.320 e. The van der Waals surface area contributed by atoms with Crippen LogP contribution in [0.2, 0.25) is 0 Å². The van der Waals surface area contributed by atoms with Gasteiger partial charge in [-0.25, -0.2) is 0 Å². The monoisotopic (exact) mass is 114 g/mol. The molecule has 0 aromatic rings. The fourth-order valence-corrected chi connectivity index (χ4v) is 0. The van der Waals surface area contributed by atoms with E-state index >= 15 is 0 Å². The summed E-state index contributed by atoms with van der Waals surface area (Å²) in [5, 5.41) is 0. The van der Waals surface area contributed by atoms with Crippen LogP contribution in [0.25, 0.3) is 0 Å². The lowest BCUT2D eigenvalue weighted by Gasteiger charge is -1.66. The van der Waals surface area contributed by atoms with Gasteiger partial charge in [0.25, 0.3) is 0 Å². The smallest absolute Gasteiger partial charge is 0.0709 e. The van der Waals surface area contributed by atoms with Crippen molar-refractivity contribution < 1.29 is 4.55 Å². The van der Waals surface area contributed by atoms with Gasteiger partial charge in [-0.15, -0.1) is 0 Å². The van der Waals surface area contributed by atoms with Crippen molar-refractivity contribution in [1.29, 1.82) is 0 Å². The van der Waals surface area contributed by atoms with Gasteiger partial charge in [0.05, 0.1) is 11.1 Å². The van der Waals surface area contributed by atoms with Crippen molar-refractivity contribution in [2.24, 2.45) is 0 Å².